The Kier molecular flexibility index (Phi) is 11.4. The summed E-state index contributed by atoms with van der Waals surface area (Å²) >= 11 is 0. The molecule has 6 heterocycles. The molecule has 0 aliphatic carbocycles. The van der Waals surface area contributed by atoms with Crippen LogP contribution in [0.2, 0.25) is 0 Å². The van der Waals surface area contributed by atoms with Gasteiger partial charge in [0.25, 0.3) is 20.1 Å². The third-order valence-corrected chi connectivity index (χ3v) is 16.4. The summed E-state index contributed by atoms with van der Waals surface area (Å²) in [4.78, 5) is 44.2. The molecule has 0 spiro atoms. The van der Waals surface area contributed by atoms with Crippen LogP contribution in [0.5, 0.6) is 0 Å². The van der Waals surface area contributed by atoms with E-state index in [4.69, 9.17) is 30.7 Å². The third-order valence-electron chi connectivity index (χ3n) is 11.5. The Morgan fingerprint density at radius 1 is 0.453 bits per heavy atom. The highest BCUT2D eigenvalue weighted by Crippen LogP contribution is 2.49. The van der Waals surface area contributed by atoms with E-state index in [2.05, 4.69) is 39.9 Å². The van der Waals surface area contributed by atoms with E-state index >= 15 is 0 Å². The first-order chi connectivity index (χ1) is 35.2. The number of benzene rings is 5. The minimum absolute atomic E-state index is 0.00759. The highest BCUT2D eigenvalue weighted by atomic mass is 32.3. The van der Waals surface area contributed by atoms with Gasteiger partial charge < -0.3 is 62.0 Å². The summed E-state index contributed by atoms with van der Waals surface area (Å²) in [6.45, 7) is 1.54. The molecular weight excluding hydrogens is 1080 g/mol. The second-order valence-electron chi connectivity index (χ2n) is 16.5. The van der Waals surface area contributed by atoms with Gasteiger partial charge in [0.1, 0.15) is 65.9 Å². The fourth-order valence-electron chi connectivity index (χ4n) is 8.19. The molecular formula is C42H34N14O14S5. The highest BCUT2D eigenvalue weighted by molar-refractivity contribution is 8.20. The largest absolute Gasteiger partial charge is 0.368 e. The SMILES string of the molecule is Cc1nc(N)nc(Nc2ccc(S(=O)(=O)O)c(NS(=O)(=O)c3ccc4c(c3)-c3nc-4nc4[nH]c(nc5nc(nc6[nH]c(n3)c3ccc(S(O)(O)O)cc63)-c3ccc(S(O)(O)O)cc3-5)c3cc(S(O)(O)O)ccc43)c2)n1. The summed E-state index contributed by atoms with van der Waals surface area (Å²) in [5.74, 6) is -0.459. The van der Waals surface area contributed by atoms with E-state index in [-0.39, 0.29) is 128 Å². The number of aromatic amines is 2. The van der Waals surface area contributed by atoms with Gasteiger partial charge in [-0.25, -0.2) is 38.3 Å². The van der Waals surface area contributed by atoms with Crippen molar-refractivity contribution in [1.29, 1.82) is 0 Å². The summed E-state index contributed by atoms with van der Waals surface area (Å²) < 4.78 is 159. The minimum atomic E-state index is -5.06. The molecule has 2 aliphatic heterocycles. The van der Waals surface area contributed by atoms with Gasteiger partial charge in [0.2, 0.25) is 11.9 Å². The Morgan fingerprint density at radius 2 is 0.893 bits per heavy atom. The first-order valence-electron chi connectivity index (χ1n) is 21.0. The van der Waals surface area contributed by atoms with Crippen LogP contribution in [-0.2, 0) is 20.1 Å². The second kappa shape index (κ2) is 17.2. The maximum absolute atomic E-state index is 14.4. The molecule has 0 saturated heterocycles. The first-order valence-corrected chi connectivity index (χ1v) is 28.4. The molecule has 2 aliphatic rings. The van der Waals surface area contributed by atoms with Gasteiger partial charge in [0.05, 0.1) is 25.3 Å². The average molecular weight is 1120 g/mol. The molecule has 386 valence electrons. The van der Waals surface area contributed by atoms with Crippen molar-refractivity contribution < 1.29 is 62.4 Å². The van der Waals surface area contributed by atoms with E-state index < -0.39 is 68.2 Å². The number of anilines is 4. The number of H-pyrrole nitrogens is 2. The summed E-state index contributed by atoms with van der Waals surface area (Å²) in [7, 11) is -22.8. The first kappa shape index (κ1) is 49.6. The van der Waals surface area contributed by atoms with Gasteiger partial charge in [0, 0.05) is 49.5 Å². The van der Waals surface area contributed by atoms with Crippen LogP contribution in [0.1, 0.15) is 5.82 Å². The van der Waals surface area contributed by atoms with E-state index in [1.54, 1.807) is 0 Å². The maximum atomic E-state index is 14.4. The van der Waals surface area contributed by atoms with Crippen LogP contribution in [-0.4, -0.2) is 117 Å². The van der Waals surface area contributed by atoms with Crippen LogP contribution < -0.4 is 15.8 Å². The molecule has 9 aromatic rings. The van der Waals surface area contributed by atoms with Gasteiger partial charge in [0.15, 0.2) is 23.3 Å². The van der Waals surface area contributed by atoms with Crippen molar-refractivity contribution in [2.45, 2.75) is 31.4 Å². The predicted molar refractivity (Wildman–Crippen MR) is 277 cm³/mol. The number of nitrogens with zero attached hydrogens (tertiary/aromatic N) is 9. The molecule has 33 heteroatoms. The lowest BCUT2D eigenvalue weighted by Gasteiger charge is -2.19. The van der Waals surface area contributed by atoms with Gasteiger partial charge in [-0.2, -0.15) is 23.4 Å². The van der Waals surface area contributed by atoms with Crippen molar-refractivity contribution in [1.82, 2.24) is 54.8 Å². The van der Waals surface area contributed by atoms with Crippen LogP contribution in [0.3, 0.4) is 0 Å². The lowest BCUT2D eigenvalue weighted by molar-refractivity contribution is 0.374. The zero-order valence-corrected chi connectivity index (χ0v) is 41.5. The Hall–Kier alpha value is -7.58. The zero-order valence-electron chi connectivity index (χ0n) is 37.4. The Bertz CT molecular complexity index is 4350. The third kappa shape index (κ3) is 9.27. The van der Waals surface area contributed by atoms with Gasteiger partial charge >= 0.3 is 0 Å². The van der Waals surface area contributed by atoms with Crippen molar-refractivity contribution in [3.63, 3.8) is 0 Å². The number of rotatable bonds is 9. The molecule has 11 rings (SSSR count). The Morgan fingerprint density at radius 3 is 1.37 bits per heavy atom. The van der Waals surface area contributed by atoms with E-state index in [1.165, 1.54) is 79.7 Å². The van der Waals surface area contributed by atoms with Gasteiger partial charge in [-0.05, 0) is 97.9 Å². The molecule has 75 heavy (non-hydrogen) atoms. The molecule has 5 aromatic carbocycles. The number of aryl methyl sites for hydroxylation is 1. The topological polar surface area (TPSA) is 468 Å². The molecule has 0 atom stereocenters. The van der Waals surface area contributed by atoms with Crippen molar-refractivity contribution in [3.8, 4) is 45.6 Å². The van der Waals surface area contributed by atoms with Crippen molar-refractivity contribution >= 4 is 120 Å². The molecule has 8 bridgehead atoms. The normalized spacial score (nSPS) is 13.6. The number of hydrogen-bond donors (Lipinski definition) is 15. The second-order valence-corrected chi connectivity index (χ2v) is 24.1. The number of hydrogen-bond acceptors (Lipinski definition) is 24. The molecule has 16 N–H and O–H groups in total. The average Bonchev–Trinajstić information content (AvgIpc) is 4.06. The number of fused-ring (bicyclic) bond motifs is 20. The van der Waals surface area contributed by atoms with Crippen molar-refractivity contribution in [2.75, 3.05) is 15.8 Å². The van der Waals surface area contributed by atoms with Crippen LogP contribution in [0.4, 0.5) is 23.3 Å². The molecule has 28 nitrogen and oxygen atoms in total. The highest BCUT2D eigenvalue weighted by Gasteiger charge is 2.29. The quantitative estimate of drug-likeness (QED) is 0.0602. The van der Waals surface area contributed by atoms with E-state index in [1.807, 2.05) is 0 Å². The number of sulfonamides is 1. The summed E-state index contributed by atoms with van der Waals surface area (Å²) in [6, 6.07) is 18.3. The van der Waals surface area contributed by atoms with Gasteiger partial charge in [-0.15, -0.1) is 0 Å². The molecule has 0 saturated carbocycles. The molecule has 0 fully saturated rings. The number of nitrogens with one attached hydrogen (secondary N) is 4. The molecule has 0 radical (unpaired) electrons. The summed E-state index contributed by atoms with van der Waals surface area (Å²) in [6.07, 6.45) is 0. The standard InChI is InChI=1S/C42H34N14O14S5/c1-17-44-41(43)55-42(45-17)46-18-2-11-32(75(68,69)70)31(12-18)56-71(57,58)19-3-7-23-27(13-19)37-48-33(23)47-34-24-8-4-21(73(62,63)64)15-29(24)39(49-34)54-40-30-16-22(74(65,66)67)6-10-26(30)36(53-40)52-38-28-14-20(72(59,60)61)5-9-25(28)35(50-37)51-38/h2-16,56,59-67H,1H3,(H,68,69,70)(H3,43,44,45,46,55)(H2,47,48,49,50,51,52,53,54). The molecule has 0 unspecified atom stereocenters. The van der Waals surface area contributed by atoms with Crippen molar-refractivity contribution in [2.24, 2.45) is 0 Å². The van der Waals surface area contributed by atoms with Crippen LogP contribution in [0.25, 0.3) is 89.7 Å². The van der Waals surface area contributed by atoms with E-state index in [0.717, 1.165) is 18.2 Å². The van der Waals surface area contributed by atoms with Crippen LogP contribution >= 0.6 is 32.6 Å². The van der Waals surface area contributed by atoms with Gasteiger partial charge in [-0.3, -0.25) is 9.27 Å². The Balaban J connectivity index is 1.16. The number of nitrogen functional groups attached to an aromatic ring is 1. The fraction of sp³-hybridized carbons (Fsp3) is 0.0238. The maximum Gasteiger partial charge on any atom is 0.296 e. The van der Waals surface area contributed by atoms with Crippen LogP contribution in [0, 0.1) is 6.92 Å². The Labute approximate surface area is 424 Å². The van der Waals surface area contributed by atoms with Crippen molar-refractivity contribution in [3.05, 3.63) is 96.8 Å². The zero-order chi connectivity index (χ0) is 53.3. The molecule has 4 aromatic heterocycles. The summed E-state index contributed by atoms with van der Waals surface area (Å²) in [5, 5.41) is 3.56. The van der Waals surface area contributed by atoms with E-state index in [9.17, 15) is 62.4 Å². The minimum Gasteiger partial charge on any atom is -0.368 e. The summed E-state index contributed by atoms with van der Waals surface area (Å²) in [5.41, 5.74) is 5.68. The van der Waals surface area contributed by atoms with Crippen LogP contribution in [0.15, 0.2) is 115 Å². The van der Waals surface area contributed by atoms with Gasteiger partial charge in [-0.1, -0.05) is 0 Å². The van der Waals surface area contributed by atoms with E-state index in [0.29, 0.717) is 0 Å². The predicted octanol–water partition coefficient (Wildman–Crippen LogP) is 8.48. The monoisotopic (exact) mass is 1120 g/mol. The molecule has 0 amide bonds. The lowest BCUT2D eigenvalue weighted by atomic mass is 10.1. The smallest absolute Gasteiger partial charge is 0.296 e. The lowest BCUT2D eigenvalue weighted by Crippen LogP contribution is -2.16. The number of nitrogens with two attached hydrogens (primary N) is 1. The number of aromatic nitrogens is 11. The fourth-order valence-corrected chi connectivity index (χ4v) is 11.6.